The molecule has 0 N–H and O–H groups in total. The summed E-state index contributed by atoms with van der Waals surface area (Å²) in [5.74, 6) is 2.64. The number of fused-ring (bicyclic) bond motifs is 1. The molecule has 4 rings (SSSR count). The van der Waals surface area contributed by atoms with Crippen LogP contribution in [0, 0.1) is 13.8 Å². The van der Waals surface area contributed by atoms with E-state index >= 15 is 0 Å². The first-order chi connectivity index (χ1) is 11.7. The fourth-order valence-electron chi connectivity index (χ4n) is 4.30. The van der Waals surface area contributed by atoms with Crippen molar-refractivity contribution < 1.29 is 4.42 Å². The van der Waals surface area contributed by atoms with Gasteiger partial charge in [0.25, 0.3) is 0 Å². The van der Waals surface area contributed by atoms with Gasteiger partial charge in [0.05, 0.1) is 5.69 Å². The molecule has 1 saturated heterocycles. The molecule has 0 amide bonds. The predicted octanol–water partition coefficient (Wildman–Crippen LogP) is 2.64. The van der Waals surface area contributed by atoms with E-state index in [1.165, 1.54) is 55.9 Å². The molecule has 6 heteroatoms. The van der Waals surface area contributed by atoms with E-state index in [2.05, 4.69) is 26.6 Å². The van der Waals surface area contributed by atoms with Gasteiger partial charge < -0.3 is 13.9 Å². The molecular formula is C18H27N5O. The number of imidazole rings is 1. The average molecular weight is 329 g/mol. The van der Waals surface area contributed by atoms with Crippen molar-refractivity contribution in [2.45, 2.75) is 64.8 Å². The van der Waals surface area contributed by atoms with Gasteiger partial charge >= 0.3 is 0 Å². The lowest BCUT2D eigenvalue weighted by Crippen LogP contribution is -2.24. The third-order valence-corrected chi connectivity index (χ3v) is 5.39. The number of rotatable bonds is 5. The smallest absolute Gasteiger partial charge is 0.216 e. The largest absolute Gasteiger partial charge is 0.426 e. The summed E-state index contributed by atoms with van der Waals surface area (Å²) in [4.78, 5) is 7.41. The SMILES string of the molecule is Cc1nnc(CCCN2CC[C@@H](n3c(C)nc4c3CCCC4)C2)o1. The zero-order chi connectivity index (χ0) is 16.5. The Balaban J connectivity index is 1.34. The van der Waals surface area contributed by atoms with Crippen LogP contribution in [0.25, 0.3) is 0 Å². The van der Waals surface area contributed by atoms with E-state index in [1.807, 2.05) is 6.92 Å². The maximum absolute atomic E-state index is 5.45. The molecule has 2 aliphatic rings. The molecule has 0 saturated carbocycles. The first-order valence-electron chi connectivity index (χ1n) is 9.28. The fraction of sp³-hybridized carbons (Fsp3) is 0.722. The summed E-state index contributed by atoms with van der Waals surface area (Å²) < 4.78 is 8.00. The zero-order valence-corrected chi connectivity index (χ0v) is 14.8. The van der Waals surface area contributed by atoms with Gasteiger partial charge in [-0.05, 0) is 52.0 Å². The lowest BCUT2D eigenvalue weighted by Gasteiger charge is -2.21. The zero-order valence-electron chi connectivity index (χ0n) is 14.8. The first kappa shape index (κ1) is 15.8. The summed E-state index contributed by atoms with van der Waals surface area (Å²) >= 11 is 0. The highest BCUT2D eigenvalue weighted by Gasteiger charge is 2.28. The molecule has 3 heterocycles. The molecule has 0 spiro atoms. The van der Waals surface area contributed by atoms with Crippen LogP contribution in [0.3, 0.4) is 0 Å². The standard InChI is InChI=1S/C18H27N5O/c1-13-19-16-6-3-4-7-17(16)23(13)15-9-11-22(12-15)10-5-8-18-21-20-14(2)24-18/h15H,3-12H2,1-2H3/t15-/m1/s1. The van der Waals surface area contributed by atoms with E-state index in [0.29, 0.717) is 11.9 Å². The lowest BCUT2D eigenvalue weighted by molar-refractivity contribution is 0.312. The first-order valence-corrected chi connectivity index (χ1v) is 9.28. The highest BCUT2D eigenvalue weighted by atomic mass is 16.4. The molecule has 0 aromatic carbocycles. The van der Waals surface area contributed by atoms with E-state index in [1.54, 1.807) is 0 Å². The topological polar surface area (TPSA) is 60.0 Å². The number of hydrogen-bond donors (Lipinski definition) is 0. The van der Waals surface area contributed by atoms with Crippen molar-refractivity contribution in [3.63, 3.8) is 0 Å². The average Bonchev–Trinajstić information content (AvgIpc) is 3.26. The van der Waals surface area contributed by atoms with Crippen LogP contribution in [0.1, 0.15) is 60.7 Å². The molecule has 130 valence electrons. The Morgan fingerprint density at radius 3 is 2.88 bits per heavy atom. The third kappa shape index (κ3) is 3.11. The van der Waals surface area contributed by atoms with E-state index < -0.39 is 0 Å². The number of aromatic nitrogens is 4. The fourth-order valence-corrected chi connectivity index (χ4v) is 4.30. The van der Waals surface area contributed by atoms with Crippen LogP contribution in [0.5, 0.6) is 0 Å². The quantitative estimate of drug-likeness (QED) is 0.844. The van der Waals surface area contributed by atoms with Crippen LogP contribution in [0.15, 0.2) is 4.42 Å². The number of nitrogens with zero attached hydrogens (tertiary/aromatic N) is 5. The van der Waals surface area contributed by atoms with E-state index in [4.69, 9.17) is 9.40 Å². The number of hydrogen-bond acceptors (Lipinski definition) is 5. The van der Waals surface area contributed by atoms with Gasteiger partial charge in [-0.1, -0.05) is 0 Å². The van der Waals surface area contributed by atoms with Gasteiger partial charge in [0.2, 0.25) is 11.8 Å². The molecule has 6 nitrogen and oxygen atoms in total. The second-order valence-electron chi connectivity index (χ2n) is 7.19. The van der Waals surface area contributed by atoms with Crippen molar-refractivity contribution in [3.05, 3.63) is 29.0 Å². The van der Waals surface area contributed by atoms with Gasteiger partial charge in [0, 0.05) is 38.2 Å². The number of aryl methyl sites for hydroxylation is 4. The normalized spacial score (nSPS) is 21.3. The Bertz CT molecular complexity index is 704. The van der Waals surface area contributed by atoms with E-state index in [0.717, 1.165) is 31.8 Å². The van der Waals surface area contributed by atoms with Gasteiger partial charge in [0.15, 0.2) is 0 Å². The lowest BCUT2D eigenvalue weighted by atomic mass is 10.0. The Hall–Kier alpha value is -1.69. The highest BCUT2D eigenvalue weighted by Crippen LogP contribution is 2.30. The molecule has 1 aliphatic heterocycles. The van der Waals surface area contributed by atoms with Crippen molar-refractivity contribution >= 4 is 0 Å². The van der Waals surface area contributed by atoms with Gasteiger partial charge in [0.1, 0.15) is 5.82 Å². The van der Waals surface area contributed by atoms with Crippen LogP contribution in [-0.2, 0) is 19.3 Å². The van der Waals surface area contributed by atoms with E-state index in [-0.39, 0.29) is 0 Å². The van der Waals surface area contributed by atoms with Crippen LogP contribution in [0.2, 0.25) is 0 Å². The van der Waals surface area contributed by atoms with Gasteiger partial charge in [-0.25, -0.2) is 4.98 Å². The molecule has 0 unspecified atom stereocenters. The van der Waals surface area contributed by atoms with Crippen LogP contribution in [-0.4, -0.2) is 44.3 Å². The monoisotopic (exact) mass is 329 g/mol. The van der Waals surface area contributed by atoms with Crippen molar-refractivity contribution in [3.8, 4) is 0 Å². The van der Waals surface area contributed by atoms with Crippen molar-refractivity contribution in [2.75, 3.05) is 19.6 Å². The van der Waals surface area contributed by atoms with Crippen molar-refractivity contribution in [1.82, 2.24) is 24.6 Å². The van der Waals surface area contributed by atoms with E-state index in [9.17, 15) is 0 Å². The third-order valence-electron chi connectivity index (χ3n) is 5.39. The Kier molecular flexibility index (Phi) is 4.39. The molecule has 24 heavy (non-hydrogen) atoms. The molecule has 1 atom stereocenters. The summed E-state index contributed by atoms with van der Waals surface area (Å²) in [7, 11) is 0. The molecule has 2 aromatic rings. The summed E-state index contributed by atoms with van der Waals surface area (Å²) in [5, 5.41) is 7.97. The summed E-state index contributed by atoms with van der Waals surface area (Å²) in [5.41, 5.74) is 2.89. The summed E-state index contributed by atoms with van der Waals surface area (Å²) in [6.45, 7) is 7.45. The molecule has 0 radical (unpaired) electrons. The molecule has 2 aromatic heterocycles. The molecule has 1 aliphatic carbocycles. The Labute approximate surface area is 143 Å². The second-order valence-corrected chi connectivity index (χ2v) is 7.19. The van der Waals surface area contributed by atoms with Crippen LogP contribution < -0.4 is 0 Å². The highest BCUT2D eigenvalue weighted by molar-refractivity contribution is 5.21. The predicted molar refractivity (Wildman–Crippen MR) is 91.1 cm³/mol. The van der Waals surface area contributed by atoms with Gasteiger partial charge in [-0.3, -0.25) is 0 Å². The molecular weight excluding hydrogens is 302 g/mol. The summed E-state index contributed by atoms with van der Waals surface area (Å²) in [6.07, 6.45) is 8.19. The van der Waals surface area contributed by atoms with Gasteiger partial charge in [-0.15, -0.1) is 10.2 Å². The Morgan fingerprint density at radius 2 is 2.04 bits per heavy atom. The minimum Gasteiger partial charge on any atom is -0.426 e. The maximum Gasteiger partial charge on any atom is 0.216 e. The Morgan fingerprint density at radius 1 is 1.17 bits per heavy atom. The molecule has 0 bridgehead atoms. The summed E-state index contributed by atoms with van der Waals surface area (Å²) in [6, 6.07) is 0.602. The number of likely N-dealkylation sites (tertiary alicyclic amines) is 1. The van der Waals surface area contributed by atoms with Crippen LogP contribution >= 0.6 is 0 Å². The minimum absolute atomic E-state index is 0.602. The maximum atomic E-state index is 5.45. The van der Waals surface area contributed by atoms with Gasteiger partial charge in [-0.2, -0.15) is 0 Å². The van der Waals surface area contributed by atoms with Crippen LogP contribution in [0.4, 0.5) is 0 Å². The van der Waals surface area contributed by atoms with Crippen molar-refractivity contribution in [2.24, 2.45) is 0 Å². The minimum atomic E-state index is 0.602. The van der Waals surface area contributed by atoms with Crippen molar-refractivity contribution in [1.29, 1.82) is 0 Å². The molecule has 1 fully saturated rings. The second kappa shape index (κ2) is 6.67.